The molecule has 2 aromatic rings. The molecule has 0 aliphatic heterocycles. The Kier molecular flexibility index (Phi) is 5.69. The van der Waals surface area contributed by atoms with Gasteiger partial charge in [-0.1, -0.05) is 18.5 Å². The summed E-state index contributed by atoms with van der Waals surface area (Å²) in [7, 11) is 0. The average Bonchev–Trinajstić information content (AvgIpc) is 2.63. The summed E-state index contributed by atoms with van der Waals surface area (Å²) in [5, 5.41) is 3.67. The second kappa shape index (κ2) is 7.96. The molecule has 0 bridgehead atoms. The van der Waals surface area contributed by atoms with E-state index >= 15 is 0 Å². The van der Waals surface area contributed by atoms with Gasteiger partial charge in [0, 0.05) is 34.4 Å². The van der Waals surface area contributed by atoms with E-state index in [2.05, 4.69) is 15.3 Å². The van der Waals surface area contributed by atoms with Gasteiger partial charge in [0.2, 0.25) is 5.91 Å². The molecule has 1 amide bonds. The van der Waals surface area contributed by atoms with E-state index < -0.39 is 0 Å². The van der Waals surface area contributed by atoms with Crippen molar-refractivity contribution in [3.63, 3.8) is 0 Å². The van der Waals surface area contributed by atoms with Crippen LogP contribution in [0.25, 0.3) is 0 Å². The van der Waals surface area contributed by atoms with Crippen LogP contribution in [0.2, 0.25) is 5.02 Å². The van der Waals surface area contributed by atoms with Crippen molar-refractivity contribution in [3.8, 4) is 0 Å². The number of hydrogen-bond acceptors (Lipinski definition) is 3. The Labute approximate surface area is 154 Å². The molecule has 5 heteroatoms. The van der Waals surface area contributed by atoms with Gasteiger partial charge >= 0.3 is 0 Å². The summed E-state index contributed by atoms with van der Waals surface area (Å²) in [6.45, 7) is 3.96. The number of hydrogen-bond donors (Lipinski definition) is 1. The largest absolute Gasteiger partial charge is 0.326 e. The van der Waals surface area contributed by atoms with Crippen LogP contribution in [0, 0.1) is 18.8 Å². The summed E-state index contributed by atoms with van der Waals surface area (Å²) in [6, 6.07) is 9.27. The summed E-state index contributed by atoms with van der Waals surface area (Å²) in [5.74, 6) is 1.83. The third-order valence-corrected chi connectivity index (χ3v) is 5.47. The van der Waals surface area contributed by atoms with Crippen LogP contribution < -0.4 is 5.32 Å². The first-order valence-electron chi connectivity index (χ1n) is 8.89. The van der Waals surface area contributed by atoms with Crippen LogP contribution in [0.3, 0.4) is 0 Å². The highest BCUT2D eigenvalue weighted by atomic mass is 35.5. The minimum atomic E-state index is 0.00348. The fourth-order valence-corrected chi connectivity index (χ4v) is 3.75. The van der Waals surface area contributed by atoms with Crippen LogP contribution in [0.1, 0.15) is 50.0 Å². The number of halogens is 1. The maximum Gasteiger partial charge on any atom is 0.227 e. The van der Waals surface area contributed by atoms with Crippen LogP contribution >= 0.6 is 11.6 Å². The molecule has 1 aromatic carbocycles. The first-order chi connectivity index (χ1) is 12.0. The van der Waals surface area contributed by atoms with Gasteiger partial charge in [-0.05, 0) is 68.9 Å². The summed E-state index contributed by atoms with van der Waals surface area (Å²) in [6.07, 6.45) is 6.12. The van der Waals surface area contributed by atoms with Crippen LogP contribution in [0.15, 0.2) is 36.5 Å². The number of nitrogens with one attached hydrogen (secondary N) is 1. The van der Waals surface area contributed by atoms with E-state index in [-0.39, 0.29) is 11.8 Å². The van der Waals surface area contributed by atoms with Crippen molar-refractivity contribution in [2.24, 2.45) is 11.8 Å². The smallest absolute Gasteiger partial charge is 0.227 e. The number of amides is 1. The normalized spacial score (nSPS) is 21.6. The highest BCUT2D eigenvalue weighted by Gasteiger charge is 2.30. The van der Waals surface area contributed by atoms with Crippen molar-refractivity contribution < 1.29 is 4.79 Å². The lowest BCUT2D eigenvalue weighted by atomic mass is 9.75. The quantitative estimate of drug-likeness (QED) is 0.838. The summed E-state index contributed by atoms with van der Waals surface area (Å²) >= 11 is 5.88. The topological polar surface area (TPSA) is 54.9 Å². The zero-order valence-corrected chi connectivity index (χ0v) is 15.5. The summed E-state index contributed by atoms with van der Waals surface area (Å²) in [4.78, 5) is 21.3. The van der Waals surface area contributed by atoms with E-state index in [1.807, 2.05) is 38.2 Å². The van der Waals surface area contributed by atoms with E-state index in [0.29, 0.717) is 16.9 Å². The number of aryl methyl sites for hydroxylation is 1. The molecule has 1 atom stereocenters. The molecular formula is C20H24ClN3O. The minimum Gasteiger partial charge on any atom is -0.326 e. The van der Waals surface area contributed by atoms with Crippen LogP contribution in [-0.4, -0.2) is 15.9 Å². The second-order valence-corrected chi connectivity index (χ2v) is 7.36. The van der Waals surface area contributed by atoms with E-state index in [1.165, 1.54) is 0 Å². The van der Waals surface area contributed by atoms with E-state index in [0.717, 1.165) is 42.9 Å². The molecule has 1 heterocycles. The lowest BCUT2D eigenvalue weighted by Crippen LogP contribution is -2.29. The van der Waals surface area contributed by atoms with Crippen LogP contribution in [0.4, 0.5) is 5.69 Å². The van der Waals surface area contributed by atoms with E-state index in [1.54, 1.807) is 12.1 Å². The van der Waals surface area contributed by atoms with Gasteiger partial charge in [-0.25, -0.2) is 9.97 Å². The molecule has 1 fully saturated rings. The van der Waals surface area contributed by atoms with Gasteiger partial charge in [0.15, 0.2) is 0 Å². The van der Waals surface area contributed by atoms with Gasteiger partial charge in [0.1, 0.15) is 5.82 Å². The van der Waals surface area contributed by atoms with Gasteiger partial charge in [-0.3, -0.25) is 4.79 Å². The molecular weight excluding hydrogens is 334 g/mol. The van der Waals surface area contributed by atoms with E-state index in [4.69, 9.17) is 11.6 Å². The first-order valence-corrected chi connectivity index (χ1v) is 9.26. The predicted molar refractivity (Wildman–Crippen MR) is 101 cm³/mol. The van der Waals surface area contributed by atoms with Gasteiger partial charge in [0.05, 0.1) is 0 Å². The summed E-state index contributed by atoms with van der Waals surface area (Å²) in [5.41, 5.74) is 1.94. The number of nitrogens with zero attached hydrogens (tertiary/aromatic N) is 2. The Morgan fingerprint density at radius 2 is 1.84 bits per heavy atom. The van der Waals surface area contributed by atoms with Crippen molar-refractivity contribution in [1.29, 1.82) is 0 Å². The van der Waals surface area contributed by atoms with Crippen molar-refractivity contribution in [3.05, 3.63) is 53.1 Å². The Morgan fingerprint density at radius 1 is 1.16 bits per heavy atom. The number of carbonyl (C=O) groups is 1. The maximum absolute atomic E-state index is 12.5. The Bertz CT molecular complexity index is 724. The standard InChI is InChI=1S/C20H24ClN3O/c1-13(20(25)24-18-9-7-17(21)8-10-18)15-3-5-16(6-4-15)19-11-12-22-14(2)23-19/h7-13,15-16H,3-6H2,1-2H3,(H,24,25). The number of carbonyl (C=O) groups excluding carboxylic acids is 1. The van der Waals surface area contributed by atoms with Gasteiger partial charge in [0.25, 0.3) is 0 Å². The lowest BCUT2D eigenvalue weighted by molar-refractivity contribution is -0.121. The summed E-state index contributed by atoms with van der Waals surface area (Å²) < 4.78 is 0. The maximum atomic E-state index is 12.5. The van der Waals surface area contributed by atoms with Crippen molar-refractivity contribution in [2.45, 2.75) is 45.4 Å². The highest BCUT2D eigenvalue weighted by molar-refractivity contribution is 6.30. The highest BCUT2D eigenvalue weighted by Crippen LogP contribution is 2.38. The van der Waals surface area contributed by atoms with Crippen LogP contribution in [0.5, 0.6) is 0 Å². The Morgan fingerprint density at radius 3 is 2.48 bits per heavy atom. The molecule has 25 heavy (non-hydrogen) atoms. The number of rotatable bonds is 4. The molecule has 1 saturated carbocycles. The lowest BCUT2D eigenvalue weighted by Gasteiger charge is -2.31. The van der Waals surface area contributed by atoms with Crippen LogP contribution in [-0.2, 0) is 4.79 Å². The number of benzene rings is 1. The zero-order chi connectivity index (χ0) is 17.8. The molecule has 0 spiro atoms. The molecule has 1 aliphatic carbocycles. The molecule has 132 valence electrons. The predicted octanol–water partition coefficient (Wildman–Crippen LogP) is 4.99. The van der Waals surface area contributed by atoms with Gasteiger partial charge in [-0.2, -0.15) is 0 Å². The van der Waals surface area contributed by atoms with E-state index in [9.17, 15) is 4.79 Å². The minimum absolute atomic E-state index is 0.00348. The van der Waals surface area contributed by atoms with Crippen molar-refractivity contribution in [1.82, 2.24) is 9.97 Å². The molecule has 1 N–H and O–H groups in total. The number of anilines is 1. The molecule has 0 saturated heterocycles. The van der Waals surface area contributed by atoms with Crippen molar-refractivity contribution in [2.75, 3.05) is 5.32 Å². The Hall–Kier alpha value is -1.94. The molecule has 1 aliphatic rings. The zero-order valence-electron chi connectivity index (χ0n) is 14.7. The average molecular weight is 358 g/mol. The fourth-order valence-electron chi connectivity index (χ4n) is 3.62. The molecule has 3 rings (SSSR count). The number of aromatic nitrogens is 2. The molecule has 0 radical (unpaired) electrons. The second-order valence-electron chi connectivity index (χ2n) is 6.93. The third kappa shape index (κ3) is 4.57. The molecule has 1 aromatic heterocycles. The molecule has 1 unspecified atom stereocenters. The third-order valence-electron chi connectivity index (χ3n) is 5.22. The van der Waals surface area contributed by atoms with Gasteiger partial charge in [-0.15, -0.1) is 0 Å². The molecule has 4 nitrogen and oxygen atoms in total. The first kappa shape index (κ1) is 17.9. The van der Waals surface area contributed by atoms with Gasteiger partial charge < -0.3 is 5.32 Å². The SMILES string of the molecule is Cc1nccc(C2CCC(C(C)C(=O)Nc3ccc(Cl)cc3)CC2)n1. The van der Waals surface area contributed by atoms with Crippen molar-refractivity contribution >= 4 is 23.2 Å². The fraction of sp³-hybridized carbons (Fsp3) is 0.450. The monoisotopic (exact) mass is 357 g/mol. The Balaban J connectivity index is 1.54.